The minimum Gasteiger partial charge on any atom is -0.481 e. The van der Waals surface area contributed by atoms with E-state index in [1.807, 2.05) is 24.5 Å². The highest BCUT2D eigenvalue weighted by molar-refractivity contribution is 5.98. The molecule has 3 rings (SSSR count). The van der Waals surface area contributed by atoms with Crippen LogP contribution in [0.3, 0.4) is 0 Å². The van der Waals surface area contributed by atoms with E-state index < -0.39 is 24.6 Å². The normalized spacial score (nSPS) is 12.9. The third-order valence-electron chi connectivity index (χ3n) is 5.82. The summed E-state index contributed by atoms with van der Waals surface area (Å²) in [6.45, 7) is 3.97. The van der Waals surface area contributed by atoms with Gasteiger partial charge in [0.15, 0.2) is 5.78 Å². The number of hydrogen-bond acceptors (Lipinski definition) is 6. The van der Waals surface area contributed by atoms with Gasteiger partial charge in [0, 0.05) is 22.9 Å². The van der Waals surface area contributed by atoms with Gasteiger partial charge in [-0.3, -0.25) is 9.59 Å². The van der Waals surface area contributed by atoms with Gasteiger partial charge in [-0.2, -0.15) is 0 Å². The molecule has 4 N–H and O–H groups in total. The van der Waals surface area contributed by atoms with Crippen LogP contribution in [-0.2, 0) is 11.2 Å². The zero-order chi connectivity index (χ0) is 26.2. The van der Waals surface area contributed by atoms with E-state index in [-0.39, 0.29) is 37.0 Å². The summed E-state index contributed by atoms with van der Waals surface area (Å²) >= 11 is 0. The number of aliphatic hydroxyl groups excluding tert-OH is 2. The van der Waals surface area contributed by atoms with Crippen molar-refractivity contribution in [2.45, 2.75) is 57.8 Å². The highest BCUT2D eigenvalue weighted by Crippen LogP contribution is 2.31. The Morgan fingerprint density at radius 3 is 2.31 bits per heavy atom. The standard InChI is InChI=1S/C27H32FN3O5/c1-17(2)31-23(13-12-21(32)14-22(33)15-25(35)36)26(19-8-10-20(28)11-9-19)30-27(31)29-16-24(34)18-6-4-3-5-7-18/h3-11,17,21-22,32-33H,12-16H2,1-2H3,(H,29,30)(H,35,36). The molecule has 2 unspecified atom stereocenters. The molecule has 36 heavy (non-hydrogen) atoms. The van der Waals surface area contributed by atoms with E-state index in [1.165, 1.54) is 12.1 Å². The van der Waals surface area contributed by atoms with Gasteiger partial charge in [0.05, 0.1) is 30.9 Å². The van der Waals surface area contributed by atoms with Crippen molar-refractivity contribution in [3.63, 3.8) is 0 Å². The van der Waals surface area contributed by atoms with Gasteiger partial charge in [0.25, 0.3) is 0 Å². The van der Waals surface area contributed by atoms with Crippen molar-refractivity contribution in [3.05, 3.63) is 71.7 Å². The van der Waals surface area contributed by atoms with E-state index in [0.29, 0.717) is 29.2 Å². The minimum absolute atomic E-state index is 0.0278. The maximum absolute atomic E-state index is 13.6. The Morgan fingerprint density at radius 1 is 1.03 bits per heavy atom. The van der Waals surface area contributed by atoms with Gasteiger partial charge in [-0.25, -0.2) is 9.37 Å². The number of Topliss-reactive ketones (excluding diaryl/α,β-unsaturated/α-hetero) is 1. The molecule has 0 fully saturated rings. The van der Waals surface area contributed by atoms with Crippen LogP contribution in [0.15, 0.2) is 54.6 Å². The van der Waals surface area contributed by atoms with E-state index in [4.69, 9.17) is 10.1 Å². The second kappa shape index (κ2) is 12.4. The van der Waals surface area contributed by atoms with Gasteiger partial charge in [-0.15, -0.1) is 0 Å². The lowest BCUT2D eigenvalue weighted by Gasteiger charge is -2.19. The van der Waals surface area contributed by atoms with Gasteiger partial charge >= 0.3 is 5.97 Å². The van der Waals surface area contributed by atoms with Gasteiger partial charge in [0.2, 0.25) is 5.95 Å². The van der Waals surface area contributed by atoms with Crippen molar-refractivity contribution in [2.24, 2.45) is 0 Å². The smallest absolute Gasteiger partial charge is 0.305 e. The van der Waals surface area contributed by atoms with Crippen molar-refractivity contribution in [1.29, 1.82) is 0 Å². The molecule has 9 heteroatoms. The summed E-state index contributed by atoms with van der Waals surface area (Å²) < 4.78 is 15.5. The molecule has 2 atom stereocenters. The van der Waals surface area contributed by atoms with Crippen LogP contribution < -0.4 is 5.32 Å². The molecule has 0 aliphatic rings. The zero-order valence-corrected chi connectivity index (χ0v) is 20.4. The second-order valence-corrected chi connectivity index (χ2v) is 9.02. The molecule has 0 aliphatic heterocycles. The Kier molecular flexibility index (Phi) is 9.32. The predicted molar refractivity (Wildman–Crippen MR) is 134 cm³/mol. The molecule has 0 spiro atoms. The summed E-state index contributed by atoms with van der Waals surface area (Å²) in [5.74, 6) is -1.13. The topological polar surface area (TPSA) is 125 Å². The number of rotatable bonds is 13. The fourth-order valence-electron chi connectivity index (χ4n) is 4.13. The van der Waals surface area contributed by atoms with Crippen molar-refractivity contribution in [2.75, 3.05) is 11.9 Å². The minimum atomic E-state index is -1.15. The maximum atomic E-state index is 13.6. The molecule has 1 heterocycles. The number of nitrogens with zero attached hydrogens (tertiary/aromatic N) is 2. The van der Waals surface area contributed by atoms with Crippen LogP contribution in [0.2, 0.25) is 0 Å². The number of nitrogens with one attached hydrogen (secondary N) is 1. The summed E-state index contributed by atoms with van der Waals surface area (Å²) in [5, 5.41) is 32.3. The maximum Gasteiger partial charge on any atom is 0.305 e. The molecule has 8 nitrogen and oxygen atoms in total. The van der Waals surface area contributed by atoms with Gasteiger partial charge < -0.3 is 25.2 Å². The summed E-state index contributed by atoms with van der Waals surface area (Å²) in [5.41, 5.74) is 2.63. The molecule has 0 saturated heterocycles. The van der Waals surface area contributed by atoms with Gasteiger partial charge in [-0.05, 0) is 57.4 Å². The van der Waals surface area contributed by atoms with Crippen molar-refractivity contribution in [3.8, 4) is 11.3 Å². The number of carboxylic acid groups (broad SMARTS) is 1. The van der Waals surface area contributed by atoms with E-state index in [2.05, 4.69) is 5.32 Å². The quantitative estimate of drug-likeness (QED) is 0.262. The monoisotopic (exact) mass is 497 g/mol. The molecule has 0 aliphatic carbocycles. The molecule has 192 valence electrons. The van der Waals surface area contributed by atoms with Crippen molar-refractivity contribution in [1.82, 2.24) is 9.55 Å². The van der Waals surface area contributed by atoms with Crippen LogP contribution in [0.5, 0.6) is 0 Å². The predicted octanol–water partition coefficient (Wildman–Crippen LogP) is 4.08. The summed E-state index contributed by atoms with van der Waals surface area (Å²) in [6.07, 6.45) is -1.95. The molecule has 3 aromatic rings. The van der Waals surface area contributed by atoms with Crippen LogP contribution in [0, 0.1) is 5.82 Å². The highest BCUT2D eigenvalue weighted by atomic mass is 19.1. The number of aliphatic carboxylic acids is 1. The number of halogens is 1. The molecule has 0 amide bonds. The Morgan fingerprint density at radius 2 is 1.69 bits per heavy atom. The Bertz CT molecular complexity index is 1160. The summed E-state index contributed by atoms with van der Waals surface area (Å²) in [4.78, 5) is 28.2. The number of imidazole rings is 1. The number of carbonyl (C=O) groups is 2. The van der Waals surface area contributed by atoms with E-state index in [0.717, 1.165) is 5.69 Å². The lowest BCUT2D eigenvalue weighted by Crippen LogP contribution is -2.22. The van der Waals surface area contributed by atoms with Crippen LogP contribution in [0.4, 0.5) is 10.3 Å². The van der Waals surface area contributed by atoms with Crippen LogP contribution in [0.1, 0.15) is 55.2 Å². The molecule has 2 aromatic carbocycles. The Labute approximate surface area is 209 Å². The molecular weight excluding hydrogens is 465 g/mol. The number of benzene rings is 2. The van der Waals surface area contributed by atoms with Gasteiger partial charge in [0.1, 0.15) is 5.82 Å². The Hall–Kier alpha value is -3.56. The third-order valence-corrected chi connectivity index (χ3v) is 5.82. The first-order valence-electron chi connectivity index (χ1n) is 11.9. The first-order valence-corrected chi connectivity index (χ1v) is 11.9. The second-order valence-electron chi connectivity index (χ2n) is 9.02. The van der Waals surface area contributed by atoms with E-state index in [1.54, 1.807) is 36.4 Å². The fraction of sp³-hybridized carbons (Fsp3) is 0.370. The van der Waals surface area contributed by atoms with Crippen molar-refractivity contribution < 1.29 is 29.3 Å². The number of anilines is 1. The fourth-order valence-corrected chi connectivity index (χ4v) is 4.13. The van der Waals surface area contributed by atoms with Gasteiger partial charge in [-0.1, -0.05) is 30.3 Å². The lowest BCUT2D eigenvalue weighted by atomic mass is 10.0. The van der Waals surface area contributed by atoms with Crippen LogP contribution >= 0.6 is 0 Å². The zero-order valence-electron chi connectivity index (χ0n) is 20.4. The molecule has 0 bridgehead atoms. The SMILES string of the molecule is CC(C)n1c(NCC(=O)c2ccccc2)nc(-c2ccc(F)cc2)c1CCC(O)CC(O)CC(=O)O. The number of carboxylic acids is 1. The first kappa shape index (κ1) is 27.0. The van der Waals surface area contributed by atoms with Crippen molar-refractivity contribution >= 4 is 17.7 Å². The molecular formula is C27H32FN3O5. The number of ketones is 1. The highest BCUT2D eigenvalue weighted by Gasteiger charge is 2.23. The van der Waals surface area contributed by atoms with Crippen LogP contribution in [0.25, 0.3) is 11.3 Å². The van der Waals surface area contributed by atoms with E-state index >= 15 is 0 Å². The van der Waals surface area contributed by atoms with Crippen LogP contribution in [-0.4, -0.2) is 55.4 Å². The summed E-state index contributed by atoms with van der Waals surface area (Å²) in [7, 11) is 0. The third kappa shape index (κ3) is 7.22. The number of aromatic nitrogens is 2. The first-order chi connectivity index (χ1) is 17.2. The Balaban J connectivity index is 1.88. The van der Waals surface area contributed by atoms with E-state index in [9.17, 15) is 24.2 Å². The average Bonchev–Trinajstić information content (AvgIpc) is 3.20. The number of carbonyl (C=O) groups excluding carboxylic acids is 1. The molecule has 1 aromatic heterocycles. The molecule has 0 saturated carbocycles. The number of hydrogen-bond donors (Lipinski definition) is 4. The number of aliphatic hydroxyl groups is 2. The average molecular weight is 498 g/mol. The summed E-state index contributed by atoms with van der Waals surface area (Å²) in [6, 6.07) is 14.8. The molecule has 0 radical (unpaired) electrons. The largest absolute Gasteiger partial charge is 0.481 e. The lowest BCUT2D eigenvalue weighted by molar-refractivity contribution is -0.139.